The third-order valence-electron chi connectivity index (χ3n) is 1.65. The van der Waals surface area contributed by atoms with Crippen molar-refractivity contribution < 1.29 is 10.2 Å². The van der Waals surface area contributed by atoms with Crippen molar-refractivity contribution in [1.29, 1.82) is 0 Å². The van der Waals surface area contributed by atoms with Gasteiger partial charge in [0.2, 0.25) is 0 Å². The lowest BCUT2D eigenvalue weighted by atomic mass is 10.2. The molecular formula is C5H11NO2. The zero-order valence-corrected chi connectivity index (χ0v) is 4.62. The Balaban J connectivity index is 2.44. The molecule has 0 aromatic carbocycles. The molecular weight excluding hydrogens is 106 g/mol. The Morgan fingerprint density at radius 1 is 1.12 bits per heavy atom. The van der Waals surface area contributed by atoms with Gasteiger partial charge in [0, 0.05) is 0 Å². The molecule has 8 heavy (non-hydrogen) atoms. The van der Waals surface area contributed by atoms with Gasteiger partial charge < -0.3 is 15.9 Å². The van der Waals surface area contributed by atoms with Crippen LogP contribution in [0, 0.1) is 0 Å². The van der Waals surface area contributed by atoms with Crippen molar-refractivity contribution in [3.05, 3.63) is 0 Å². The normalized spacial score (nSPS) is 47.6. The summed E-state index contributed by atoms with van der Waals surface area (Å²) in [6.07, 6.45) is 0.319. The van der Waals surface area contributed by atoms with Crippen LogP contribution in [-0.2, 0) is 0 Å². The van der Waals surface area contributed by atoms with Crippen LogP contribution in [0.2, 0.25) is 0 Å². The Kier molecular flexibility index (Phi) is 1.51. The van der Waals surface area contributed by atoms with Crippen LogP contribution in [0.4, 0.5) is 0 Å². The lowest BCUT2D eigenvalue weighted by Gasteiger charge is -2.10. The molecule has 1 fully saturated rings. The molecule has 3 heteroatoms. The van der Waals surface area contributed by atoms with Gasteiger partial charge in [-0.05, 0) is 12.8 Å². The van der Waals surface area contributed by atoms with Gasteiger partial charge in [-0.3, -0.25) is 0 Å². The van der Waals surface area contributed by atoms with Crippen molar-refractivity contribution in [2.45, 2.75) is 31.1 Å². The second-order valence-corrected chi connectivity index (χ2v) is 2.29. The Hall–Kier alpha value is -0.120. The van der Waals surface area contributed by atoms with Gasteiger partial charge in [0.05, 0.1) is 18.2 Å². The van der Waals surface area contributed by atoms with E-state index in [4.69, 9.17) is 15.9 Å². The number of rotatable bonds is 0. The van der Waals surface area contributed by atoms with Gasteiger partial charge in [-0.15, -0.1) is 0 Å². The first kappa shape index (κ1) is 6.01. The first-order chi connectivity index (χ1) is 3.72. The summed E-state index contributed by atoms with van der Waals surface area (Å²) in [5.74, 6) is 0. The van der Waals surface area contributed by atoms with Crippen LogP contribution in [0.25, 0.3) is 0 Å². The van der Waals surface area contributed by atoms with Crippen LogP contribution in [0.15, 0.2) is 0 Å². The molecule has 0 heterocycles. The molecule has 0 radical (unpaired) electrons. The molecule has 0 aromatic heterocycles. The Labute approximate surface area is 48.1 Å². The summed E-state index contributed by atoms with van der Waals surface area (Å²) < 4.78 is 0. The number of nitrogens with two attached hydrogens (primary N) is 1. The van der Waals surface area contributed by atoms with Gasteiger partial charge in [0.1, 0.15) is 0 Å². The molecule has 0 aromatic rings. The van der Waals surface area contributed by atoms with Gasteiger partial charge in [0.15, 0.2) is 0 Å². The minimum absolute atomic E-state index is 0.407. The zero-order valence-electron chi connectivity index (χ0n) is 4.62. The highest BCUT2D eigenvalue weighted by Crippen LogP contribution is 2.16. The minimum atomic E-state index is -0.481. The van der Waals surface area contributed by atoms with E-state index >= 15 is 0 Å². The molecule has 0 saturated heterocycles. The third kappa shape index (κ3) is 0.844. The second-order valence-electron chi connectivity index (χ2n) is 2.29. The van der Waals surface area contributed by atoms with E-state index in [0.717, 1.165) is 0 Å². The fraction of sp³-hybridized carbons (Fsp3) is 1.00. The summed E-state index contributed by atoms with van der Waals surface area (Å²) in [5, 5.41) is 17.8. The highest BCUT2D eigenvalue weighted by Gasteiger charge is 2.29. The number of hydrogen-bond donors (Lipinski definition) is 3. The summed E-state index contributed by atoms with van der Waals surface area (Å²) in [6.45, 7) is 0. The van der Waals surface area contributed by atoms with Crippen molar-refractivity contribution in [1.82, 2.24) is 0 Å². The lowest BCUT2D eigenvalue weighted by Crippen LogP contribution is -2.37. The molecule has 0 amide bonds. The predicted octanol–water partition coefficient (Wildman–Crippen LogP) is -1.17. The van der Waals surface area contributed by atoms with Gasteiger partial charge in [-0.25, -0.2) is 0 Å². The van der Waals surface area contributed by atoms with E-state index in [2.05, 4.69) is 0 Å². The largest absolute Gasteiger partial charge is 0.391 e. The number of aliphatic hydroxyl groups is 2. The van der Waals surface area contributed by atoms with Crippen LogP contribution >= 0.6 is 0 Å². The molecule has 3 nitrogen and oxygen atoms in total. The summed E-state index contributed by atoms with van der Waals surface area (Å²) >= 11 is 0. The maximum absolute atomic E-state index is 8.88. The predicted molar refractivity (Wildman–Crippen MR) is 29.2 cm³/mol. The van der Waals surface area contributed by atoms with E-state index in [-0.39, 0.29) is 0 Å². The zero-order chi connectivity index (χ0) is 6.15. The molecule has 0 aliphatic heterocycles. The molecule has 0 spiro atoms. The molecule has 3 atom stereocenters. The summed E-state index contributed by atoms with van der Waals surface area (Å²) in [7, 11) is 0. The Morgan fingerprint density at radius 2 is 1.50 bits per heavy atom. The van der Waals surface area contributed by atoms with Crippen molar-refractivity contribution in [2.75, 3.05) is 0 Å². The molecule has 48 valence electrons. The van der Waals surface area contributed by atoms with Gasteiger partial charge >= 0.3 is 0 Å². The molecule has 1 rings (SSSR count). The summed E-state index contributed by atoms with van der Waals surface area (Å²) in [4.78, 5) is 0. The molecule has 1 aliphatic rings. The fourth-order valence-electron chi connectivity index (χ4n) is 0.983. The maximum atomic E-state index is 8.88. The van der Waals surface area contributed by atoms with Crippen LogP contribution in [0.5, 0.6) is 0 Å². The van der Waals surface area contributed by atoms with Gasteiger partial charge in [-0.2, -0.15) is 0 Å². The standard InChI is InChI=1S/C5H11NO2/c6-5-3(7)1-2-4(5)8/h3-5,7-8H,1-2,6H2/t3-,4+,5?. The second kappa shape index (κ2) is 2.01. The van der Waals surface area contributed by atoms with Crippen molar-refractivity contribution in [3.8, 4) is 0 Å². The molecule has 1 unspecified atom stereocenters. The fourth-order valence-corrected chi connectivity index (χ4v) is 0.983. The smallest absolute Gasteiger partial charge is 0.0717 e. The van der Waals surface area contributed by atoms with E-state index in [1.807, 2.05) is 0 Å². The molecule has 0 bridgehead atoms. The quantitative estimate of drug-likeness (QED) is 0.374. The van der Waals surface area contributed by atoms with E-state index < -0.39 is 18.2 Å². The van der Waals surface area contributed by atoms with Crippen LogP contribution in [0.1, 0.15) is 12.8 Å². The molecule has 1 aliphatic carbocycles. The first-order valence-corrected chi connectivity index (χ1v) is 2.83. The average Bonchev–Trinajstić information content (AvgIpc) is 1.98. The number of aliphatic hydroxyl groups excluding tert-OH is 2. The Morgan fingerprint density at radius 3 is 1.62 bits per heavy atom. The van der Waals surface area contributed by atoms with Gasteiger partial charge in [-0.1, -0.05) is 0 Å². The SMILES string of the molecule is NC1[C@H](O)CC[C@@H]1O. The van der Waals surface area contributed by atoms with Crippen molar-refractivity contribution in [2.24, 2.45) is 5.73 Å². The van der Waals surface area contributed by atoms with Crippen molar-refractivity contribution >= 4 is 0 Å². The number of hydrogen-bond acceptors (Lipinski definition) is 3. The highest BCUT2D eigenvalue weighted by atomic mass is 16.3. The van der Waals surface area contributed by atoms with Crippen molar-refractivity contribution in [3.63, 3.8) is 0 Å². The Bertz CT molecular complexity index is 76.5. The van der Waals surface area contributed by atoms with Crippen LogP contribution in [0.3, 0.4) is 0 Å². The van der Waals surface area contributed by atoms with Crippen LogP contribution in [-0.4, -0.2) is 28.5 Å². The van der Waals surface area contributed by atoms with E-state index in [1.165, 1.54) is 0 Å². The summed E-state index contributed by atoms with van der Waals surface area (Å²) in [5.41, 5.74) is 5.32. The van der Waals surface area contributed by atoms with E-state index in [9.17, 15) is 0 Å². The molecule has 1 saturated carbocycles. The maximum Gasteiger partial charge on any atom is 0.0717 e. The minimum Gasteiger partial charge on any atom is -0.391 e. The monoisotopic (exact) mass is 117 g/mol. The van der Waals surface area contributed by atoms with E-state index in [0.29, 0.717) is 12.8 Å². The third-order valence-corrected chi connectivity index (χ3v) is 1.65. The molecule has 4 N–H and O–H groups in total. The first-order valence-electron chi connectivity index (χ1n) is 2.83. The van der Waals surface area contributed by atoms with Gasteiger partial charge in [0.25, 0.3) is 0 Å². The van der Waals surface area contributed by atoms with Crippen LogP contribution < -0.4 is 5.73 Å². The average molecular weight is 117 g/mol. The van der Waals surface area contributed by atoms with E-state index in [1.54, 1.807) is 0 Å². The summed E-state index contributed by atoms with van der Waals surface area (Å²) in [6, 6.07) is -0.407. The highest BCUT2D eigenvalue weighted by molar-refractivity contribution is 4.86. The topological polar surface area (TPSA) is 66.5 Å². The lowest BCUT2D eigenvalue weighted by molar-refractivity contribution is 0.110.